The van der Waals surface area contributed by atoms with Crippen LogP contribution in [0.3, 0.4) is 0 Å². The van der Waals surface area contributed by atoms with Crippen LogP contribution >= 0.6 is 0 Å². The van der Waals surface area contributed by atoms with Crippen molar-refractivity contribution in [2.24, 2.45) is 5.92 Å². The number of hydrogen-bond acceptors (Lipinski definition) is 4. The van der Waals surface area contributed by atoms with Gasteiger partial charge in [0.2, 0.25) is 0 Å². The van der Waals surface area contributed by atoms with E-state index in [0.29, 0.717) is 6.54 Å². The van der Waals surface area contributed by atoms with E-state index in [1.165, 1.54) is 0 Å². The molecular weight excluding hydrogens is 318 g/mol. The van der Waals surface area contributed by atoms with Crippen LogP contribution in [0.5, 0.6) is 0 Å². The zero-order valence-electron chi connectivity index (χ0n) is 14.9. The van der Waals surface area contributed by atoms with Crippen LogP contribution < -0.4 is 5.32 Å². The number of carbonyl (C=O) groups excluding carboxylic acids is 1. The van der Waals surface area contributed by atoms with Crippen LogP contribution in [-0.4, -0.2) is 33.1 Å². The maximum atomic E-state index is 12.6. The fourth-order valence-electron chi connectivity index (χ4n) is 2.72. The van der Waals surface area contributed by atoms with Crippen LogP contribution in [0, 0.1) is 12.8 Å². The lowest BCUT2D eigenvalue weighted by atomic mass is 10.0. The van der Waals surface area contributed by atoms with Crippen molar-refractivity contribution in [3.63, 3.8) is 0 Å². The molecule has 2 heterocycles. The molecule has 0 saturated heterocycles. The topological polar surface area (TPSA) is 87.0 Å². The number of rotatable bonds is 5. The molecule has 132 valence electrons. The van der Waals surface area contributed by atoms with Gasteiger partial charge >= 0.3 is 6.03 Å². The van der Waals surface area contributed by atoms with Crippen molar-refractivity contribution >= 4 is 17.1 Å². The molecule has 25 heavy (non-hydrogen) atoms. The standard InChI is InChI=1S/C18H23N5O2/c1-11(2)16(17-19-14-7-5-6-8-15(14)20-17)21-18(24)23(4)10-13-9-12(3)25-22-13/h5-9,11,16H,10H2,1-4H3,(H,19,20)(H,21,24). The highest BCUT2D eigenvalue weighted by Gasteiger charge is 2.23. The van der Waals surface area contributed by atoms with Crippen LogP contribution in [0.15, 0.2) is 34.9 Å². The molecule has 1 atom stereocenters. The van der Waals surface area contributed by atoms with E-state index >= 15 is 0 Å². The molecule has 0 aliphatic rings. The minimum Gasteiger partial charge on any atom is -0.361 e. The van der Waals surface area contributed by atoms with Crippen molar-refractivity contribution in [2.45, 2.75) is 33.4 Å². The quantitative estimate of drug-likeness (QED) is 0.744. The number of aromatic amines is 1. The summed E-state index contributed by atoms with van der Waals surface area (Å²) in [5, 5.41) is 6.98. The molecule has 0 aliphatic carbocycles. The van der Waals surface area contributed by atoms with Crippen molar-refractivity contribution < 1.29 is 9.32 Å². The molecular formula is C18H23N5O2. The molecule has 1 aromatic carbocycles. The van der Waals surface area contributed by atoms with Gasteiger partial charge in [0.1, 0.15) is 17.3 Å². The van der Waals surface area contributed by atoms with E-state index in [1.807, 2.05) is 37.3 Å². The predicted octanol–water partition coefficient (Wildman–Crippen LogP) is 3.40. The third-order valence-corrected chi connectivity index (χ3v) is 4.07. The number of H-pyrrole nitrogens is 1. The summed E-state index contributed by atoms with van der Waals surface area (Å²) in [6, 6.07) is 9.27. The summed E-state index contributed by atoms with van der Waals surface area (Å²) in [4.78, 5) is 22.1. The number of aromatic nitrogens is 3. The first kappa shape index (κ1) is 17.0. The highest BCUT2D eigenvalue weighted by atomic mass is 16.5. The normalized spacial score (nSPS) is 12.5. The smallest absolute Gasteiger partial charge is 0.318 e. The Bertz CT molecular complexity index is 834. The van der Waals surface area contributed by atoms with Crippen molar-refractivity contribution in [1.29, 1.82) is 0 Å². The number of urea groups is 1. The molecule has 7 nitrogen and oxygen atoms in total. The van der Waals surface area contributed by atoms with E-state index in [-0.39, 0.29) is 18.0 Å². The van der Waals surface area contributed by atoms with E-state index in [2.05, 4.69) is 34.3 Å². The number of fused-ring (bicyclic) bond motifs is 1. The number of para-hydroxylation sites is 2. The summed E-state index contributed by atoms with van der Waals surface area (Å²) >= 11 is 0. The lowest BCUT2D eigenvalue weighted by molar-refractivity contribution is 0.197. The van der Waals surface area contributed by atoms with Crippen molar-refractivity contribution in [3.05, 3.63) is 47.6 Å². The number of amides is 2. The molecule has 0 saturated carbocycles. The van der Waals surface area contributed by atoms with Gasteiger partial charge in [0.05, 0.1) is 23.6 Å². The molecule has 0 radical (unpaired) electrons. The van der Waals surface area contributed by atoms with Gasteiger partial charge in [-0.3, -0.25) is 0 Å². The predicted molar refractivity (Wildman–Crippen MR) is 94.9 cm³/mol. The average Bonchev–Trinajstić information content (AvgIpc) is 3.17. The number of aryl methyl sites for hydroxylation is 1. The summed E-state index contributed by atoms with van der Waals surface area (Å²) in [6.45, 7) is 6.32. The Morgan fingerprint density at radius 2 is 2.12 bits per heavy atom. The number of carbonyl (C=O) groups is 1. The van der Waals surface area contributed by atoms with Crippen molar-refractivity contribution in [2.75, 3.05) is 7.05 Å². The lowest BCUT2D eigenvalue weighted by Crippen LogP contribution is -2.41. The molecule has 1 unspecified atom stereocenters. The van der Waals surface area contributed by atoms with Gasteiger partial charge < -0.3 is 19.7 Å². The fraction of sp³-hybridized carbons (Fsp3) is 0.389. The molecule has 0 spiro atoms. The molecule has 3 aromatic rings. The second-order valence-electron chi connectivity index (χ2n) is 6.60. The molecule has 2 amide bonds. The number of nitrogens with one attached hydrogen (secondary N) is 2. The highest BCUT2D eigenvalue weighted by Crippen LogP contribution is 2.22. The van der Waals surface area contributed by atoms with Gasteiger partial charge in [-0.2, -0.15) is 0 Å². The van der Waals surface area contributed by atoms with Crippen molar-refractivity contribution in [1.82, 2.24) is 25.3 Å². The number of benzene rings is 1. The molecule has 2 aromatic heterocycles. The first-order chi connectivity index (χ1) is 11.9. The Morgan fingerprint density at radius 3 is 2.76 bits per heavy atom. The Balaban J connectivity index is 1.73. The van der Waals surface area contributed by atoms with E-state index in [4.69, 9.17) is 4.52 Å². The lowest BCUT2D eigenvalue weighted by Gasteiger charge is -2.24. The first-order valence-electron chi connectivity index (χ1n) is 8.32. The zero-order valence-corrected chi connectivity index (χ0v) is 14.9. The van der Waals surface area contributed by atoms with Gasteiger partial charge in [0.15, 0.2) is 0 Å². The SMILES string of the molecule is Cc1cc(CN(C)C(=O)NC(c2nc3ccccc3[nH]2)C(C)C)no1. The van der Waals surface area contributed by atoms with Gasteiger partial charge in [-0.15, -0.1) is 0 Å². The first-order valence-corrected chi connectivity index (χ1v) is 8.32. The fourth-order valence-corrected chi connectivity index (χ4v) is 2.72. The molecule has 7 heteroatoms. The molecule has 0 bridgehead atoms. The second kappa shape index (κ2) is 6.96. The van der Waals surface area contributed by atoms with Crippen LogP contribution in [0.1, 0.15) is 37.2 Å². The van der Waals surface area contributed by atoms with E-state index < -0.39 is 0 Å². The number of imidazole rings is 1. The molecule has 2 N–H and O–H groups in total. The van der Waals surface area contributed by atoms with Gasteiger partial charge in [0, 0.05) is 13.1 Å². The van der Waals surface area contributed by atoms with Crippen LogP contribution in [-0.2, 0) is 6.54 Å². The zero-order chi connectivity index (χ0) is 18.0. The Kier molecular flexibility index (Phi) is 4.74. The minimum atomic E-state index is -0.207. The third kappa shape index (κ3) is 3.81. The Morgan fingerprint density at radius 1 is 1.36 bits per heavy atom. The maximum Gasteiger partial charge on any atom is 0.318 e. The van der Waals surface area contributed by atoms with Gasteiger partial charge in [0.25, 0.3) is 0 Å². The molecule has 0 aliphatic heterocycles. The number of hydrogen-bond donors (Lipinski definition) is 2. The van der Waals surface area contributed by atoms with Crippen LogP contribution in [0.25, 0.3) is 11.0 Å². The Labute approximate surface area is 146 Å². The molecule has 3 rings (SSSR count). The third-order valence-electron chi connectivity index (χ3n) is 4.07. The monoisotopic (exact) mass is 341 g/mol. The summed E-state index contributed by atoms with van der Waals surface area (Å²) in [5.41, 5.74) is 2.58. The van der Waals surface area contributed by atoms with Crippen LogP contribution in [0.2, 0.25) is 0 Å². The summed E-state index contributed by atoms with van der Waals surface area (Å²) in [7, 11) is 1.73. The van der Waals surface area contributed by atoms with Gasteiger partial charge in [-0.1, -0.05) is 31.1 Å². The second-order valence-corrected chi connectivity index (χ2v) is 6.60. The van der Waals surface area contributed by atoms with Gasteiger partial charge in [-0.05, 0) is 25.0 Å². The Hall–Kier alpha value is -2.83. The molecule has 0 fully saturated rings. The average molecular weight is 341 g/mol. The van der Waals surface area contributed by atoms with Crippen LogP contribution in [0.4, 0.5) is 4.79 Å². The maximum absolute atomic E-state index is 12.6. The van der Waals surface area contributed by atoms with E-state index in [0.717, 1.165) is 28.3 Å². The summed E-state index contributed by atoms with van der Waals surface area (Å²) in [6.07, 6.45) is 0. The summed E-state index contributed by atoms with van der Waals surface area (Å²) in [5.74, 6) is 1.67. The van der Waals surface area contributed by atoms with E-state index in [1.54, 1.807) is 11.9 Å². The minimum absolute atomic E-state index is 0.181. The summed E-state index contributed by atoms with van der Waals surface area (Å²) < 4.78 is 5.04. The van der Waals surface area contributed by atoms with E-state index in [9.17, 15) is 4.79 Å². The largest absolute Gasteiger partial charge is 0.361 e. The highest BCUT2D eigenvalue weighted by molar-refractivity contribution is 5.76. The van der Waals surface area contributed by atoms with Gasteiger partial charge in [-0.25, -0.2) is 9.78 Å². The van der Waals surface area contributed by atoms with Crippen molar-refractivity contribution in [3.8, 4) is 0 Å². The number of nitrogens with zero attached hydrogens (tertiary/aromatic N) is 3.